The lowest BCUT2D eigenvalue weighted by Crippen LogP contribution is -2.30. The number of hydrogen-bond donors (Lipinski definition) is 2. The second kappa shape index (κ2) is 5.26. The predicted octanol–water partition coefficient (Wildman–Crippen LogP) is 0.142. The van der Waals surface area contributed by atoms with Crippen LogP contribution >= 0.6 is 15.9 Å². The molecule has 0 spiro atoms. The van der Waals surface area contributed by atoms with Crippen LogP contribution in [-0.2, 0) is 9.59 Å². The van der Waals surface area contributed by atoms with Crippen LogP contribution in [0.3, 0.4) is 0 Å². The Bertz CT molecular complexity index is 160. The molecule has 0 saturated heterocycles. The van der Waals surface area contributed by atoms with Crippen molar-refractivity contribution >= 4 is 27.7 Å². The number of Topliss-reactive ketones (excluding diaryl/α,β-unsaturated/α-hetero) is 1. The van der Waals surface area contributed by atoms with Crippen LogP contribution in [0.5, 0.6) is 0 Å². The number of carboxylic acids is 1. The quantitative estimate of drug-likeness (QED) is 0.651. The van der Waals surface area contributed by atoms with E-state index in [-0.39, 0.29) is 24.0 Å². The summed E-state index contributed by atoms with van der Waals surface area (Å²) in [4.78, 5) is 20.8. The molecular weight excluding hydrogens is 214 g/mol. The van der Waals surface area contributed by atoms with E-state index >= 15 is 0 Å². The van der Waals surface area contributed by atoms with E-state index in [1.807, 2.05) is 0 Å². The first-order chi connectivity index (χ1) is 5.07. The molecule has 4 nitrogen and oxygen atoms in total. The van der Waals surface area contributed by atoms with Gasteiger partial charge in [0.2, 0.25) is 0 Å². The van der Waals surface area contributed by atoms with Gasteiger partial charge in [0, 0.05) is 6.42 Å². The Labute approximate surface area is 72.9 Å². The van der Waals surface area contributed by atoms with Crippen LogP contribution in [0.1, 0.15) is 12.8 Å². The lowest BCUT2D eigenvalue weighted by atomic mass is 10.1. The zero-order valence-electron chi connectivity index (χ0n) is 5.92. The Morgan fingerprint density at radius 1 is 1.55 bits per heavy atom. The highest BCUT2D eigenvalue weighted by atomic mass is 79.9. The normalized spacial score (nSPS) is 12.5. The van der Waals surface area contributed by atoms with Crippen molar-refractivity contribution in [1.82, 2.24) is 0 Å². The van der Waals surface area contributed by atoms with Crippen molar-refractivity contribution in [1.29, 1.82) is 0 Å². The van der Waals surface area contributed by atoms with E-state index in [9.17, 15) is 9.59 Å². The molecule has 0 aromatic carbocycles. The van der Waals surface area contributed by atoms with Crippen LogP contribution in [0, 0.1) is 0 Å². The van der Waals surface area contributed by atoms with Crippen molar-refractivity contribution in [2.45, 2.75) is 18.9 Å². The summed E-state index contributed by atoms with van der Waals surface area (Å²) in [6, 6.07) is -0.919. The number of hydrogen-bond acceptors (Lipinski definition) is 3. The Hall–Kier alpha value is -0.420. The van der Waals surface area contributed by atoms with Crippen LogP contribution in [0.2, 0.25) is 0 Å². The third-order valence-electron chi connectivity index (χ3n) is 1.20. The number of carbonyl (C=O) groups is 2. The molecule has 64 valence electrons. The number of carbonyl (C=O) groups excluding carboxylic acids is 1. The van der Waals surface area contributed by atoms with E-state index < -0.39 is 12.0 Å². The van der Waals surface area contributed by atoms with Gasteiger partial charge in [-0.15, -0.1) is 0 Å². The van der Waals surface area contributed by atoms with Crippen molar-refractivity contribution < 1.29 is 14.7 Å². The number of halogens is 1. The summed E-state index contributed by atoms with van der Waals surface area (Å²) >= 11 is 2.96. The summed E-state index contributed by atoms with van der Waals surface area (Å²) in [5, 5.41) is 8.58. The molecule has 0 aromatic heterocycles. The summed E-state index contributed by atoms with van der Waals surface area (Å²) in [5.41, 5.74) is 5.15. The molecule has 0 bridgehead atoms. The zero-order valence-corrected chi connectivity index (χ0v) is 7.50. The van der Waals surface area contributed by atoms with Crippen LogP contribution in [0.4, 0.5) is 0 Å². The van der Waals surface area contributed by atoms with Crippen molar-refractivity contribution in [3.63, 3.8) is 0 Å². The van der Waals surface area contributed by atoms with E-state index in [4.69, 9.17) is 10.8 Å². The fraction of sp³-hybridized carbons (Fsp3) is 0.667. The minimum Gasteiger partial charge on any atom is -0.480 e. The molecule has 0 fully saturated rings. The van der Waals surface area contributed by atoms with Crippen molar-refractivity contribution in [3.05, 3.63) is 0 Å². The highest BCUT2D eigenvalue weighted by Gasteiger charge is 2.12. The molecule has 0 aliphatic carbocycles. The average Bonchev–Trinajstić information content (AvgIpc) is 1.99. The predicted molar refractivity (Wildman–Crippen MR) is 43.6 cm³/mol. The summed E-state index contributed by atoms with van der Waals surface area (Å²) in [7, 11) is 0. The summed E-state index contributed by atoms with van der Waals surface area (Å²) in [5.74, 6) is -1.09. The van der Waals surface area contributed by atoms with E-state index in [0.717, 1.165) is 0 Å². The Morgan fingerprint density at radius 3 is 2.45 bits per heavy atom. The number of rotatable bonds is 5. The molecular formula is C6H10BrNO3. The minimum atomic E-state index is -1.06. The third kappa shape index (κ3) is 4.92. The maximum absolute atomic E-state index is 10.6. The lowest BCUT2D eigenvalue weighted by Gasteiger charge is -2.02. The van der Waals surface area contributed by atoms with Gasteiger partial charge >= 0.3 is 5.97 Å². The molecule has 3 N–H and O–H groups in total. The molecule has 0 aromatic rings. The molecule has 0 heterocycles. The van der Waals surface area contributed by atoms with E-state index in [2.05, 4.69) is 15.9 Å². The molecule has 1 atom stereocenters. The number of ketones is 1. The summed E-state index contributed by atoms with van der Waals surface area (Å²) < 4.78 is 0. The van der Waals surface area contributed by atoms with Gasteiger partial charge in [-0.2, -0.15) is 0 Å². The second-order valence-corrected chi connectivity index (χ2v) is 2.72. The fourth-order valence-corrected chi connectivity index (χ4v) is 0.787. The number of alkyl halides is 1. The highest BCUT2D eigenvalue weighted by molar-refractivity contribution is 9.09. The standard InChI is InChI=1S/C6H10BrNO3/c7-3-4(9)1-2-5(8)6(10)11/h5H,1-3,8H2,(H,10,11)/t5-/m0/s1. The Kier molecular flexibility index (Phi) is 5.06. The van der Waals surface area contributed by atoms with Gasteiger partial charge in [-0.25, -0.2) is 0 Å². The molecule has 0 unspecified atom stereocenters. The molecule has 11 heavy (non-hydrogen) atoms. The second-order valence-electron chi connectivity index (χ2n) is 2.16. The lowest BCUT2D eigenvalue weighted by molar-refractivity contribution is -0.138. The molecule has 0 aliphatic heterocycles. The van der Waals surface area contributed by atoms with E-state index in [1.165, 1.54) is 0 Å². The van der Waals surface area contributed by atoms with Crippen LogP contribution in [0.15, 0.2) is 0 Å². The topological polar surface area (TPSA) is 80.4 Å². The Balaban J connectivity index is 3.54. The van der Waals surface area contributed by atoms with Gasteiger partial charge in [-0.05, 0) is 6.42 Å². The third-order valence-corrected chi connectivity index (χ3v) is 1.83. The first-order valence-corrected chi connectivity index (χ1v) is 4.26. The van der Waals surface area contributed by atoms with E-state index in [1.54, 1.807) is 0 Å². The largest absolute Gasteiger partial charge is 0.480 e. The molecule has 5 heteroatoms. The number of aliphatic carboxylic acids is 1. The minimum absolute atomic E-state index is 0.0262. The van der Waals surface area contributed by atoms with Crippen molar-refractivity contribution in [2.75, 3.05) is 5.33 Å². The first kappa shape index (κ1) is 10.6. The van der Waals surface area contributed by atoms with Gasteiger partial charge in [-0.3, -0.25) is 9.59 Å². The number of carboxylic acid groups (broad SMARTS) is 1. The smallest absolute Gasteiger partial charge is 0.320 e. The highest BCUT2D eigenvalue weighted by Crippen LogP contribution is 1.97. The average molecular weight is 224 g/mol. The molecule has 0 radical (unpaired) electrons. The van der Waals surface area contributed by atoms with Crippen LogP contribution in [0.25, 0.3) is 0 Å². The van der Waals surface area contributed by atoms with Gasteiger partial charge in [0.05, 0.1) is 5.33 Å². The number of nitrogens with two attached hydrogens (primary N) is 1. The molecule has 0 rings (SSSR count). The van der Waals surface area contributed by atoms with Gasteiger partial charge in [-0.1, -0.05) is 15.9 Å². The van der Waals surface area contributed by atoms with Crippen LogP contribution < -0.4 is 5.73 Å². The van der Waals surface area contributed by atoms with Crippen molar-refractivity contribution in [3.8, 4) is 0 Å². The SMILES string of the molecule is N[C@@H](CCC(=O)CBr)C(=O)O. The van der Waals surface area contributed by atoms with Gasteiger partial charge in [0.1, 0.15) is 11.8 Å². The molecule has 0 aliphatic rings. The van der Waals surface area contributed by atoms with Gasteiger partial charge < -0.3 is 10.8 Å². The van der Waals surface area contributed by atoms with E-state index in [0.29, 0.717) is 0 Å². The fourth-order valence-electron chi connectivity index (χ4n) is 0.507. The van der Waals surface area contributed by atoms with Gasteiger partial charge in [0.15, 0.2) is 0 Å². The first-order valence-electron chi connectivity index (χ1n) is 3.14. The Morgan fingerprint density at radius 2 is 2.09 bits per heavy atom. The van der Waals surface area contributed by atoms with Crippen molar-refractivity contribution in [2.24, 2.45) is 5.73 Å². The maximum Gasteiger partial charge on any atom is 0.320 e. The zero-order chi connectivity index (χ0) is 8.85. The summed E-state index contributed by atoms with van der Waals surface area (Å²) in [6.07, 6.45) is 0.429. The summed E-state index contributed by atoms with van der Waals surface area (Å²) in [6.45, 7) is 0. The molecule has 0 saturated carbocycles. The maximum atomic E-state index is 10.6. The monoisotopic (exact) mass is 223 g/mol. The van der Waals surface area contributed by atoms with Gasteiger partial charge in [0.25, 0.3) is 0 Å². The van der Waals surface area contributed by atoms with Crippen LogP contribution in [-0.4, -0.2) is 28.2 Å². The molecule has 0 amide bonds.